The molecule has 0 radical (unpaired) electrons. The lowest BCUT2D eigenvalue weighted by molar-refractivity contribution is -0.123. The van der Waals surface area contributed by atoms with Gasteiger partial charge in [0.1, 0.15) is 6.42 Å². The average Bonchev–Trinajstić information content (AvgIpc) is 2.66. The van der Waals surface area contributed by atoms with E-state index >= 15 is 0 Å². The molecule has 1 aliphatic rings. The lowest BCUT2D eigenvalue weighted by Crippen LogP contribution is -2.32. The zero-order valence-corrected chi connectivity index (χ0v) is 16.9. The SMILES string of the molecule is Cc1ccc(C)c(NC(=O)CC(=O)Nc2ccc(N3CCC(C)CC3)cc2)c1. The van der Waals surface area contributed by atoms with Crippen molar-refractivity contribution in [3.8, 4) is 0 Å². The molecule has 28 heavy (non-hydrogen) atoms. The van der Waals surface area contributed by atoms with Crippen molar-refractivity contribution in [1.29, 1.82) is 0 Å². The van der Waals surface area contributed by atoms with Gasteiger partial charge in [-0.2, -0.15) is 0 Å². The minimum absolute atomic E-state index is 0.209. The topological polar surface area (TPSA) is 61.4 Å². The van der Waals surface area contributed by atoms with E-state index in [0.717, 1.165) is 35.8 Å². The fourth-order valence-electron chi connectivity index (χ4n) is 3.44. The van der Waals surface area contributed by atoms with Crippen LogP contribution in [-0.4, -0.2) is 24.9 Å². The predicted octanol–water partition coefficient (Wildman–Crippen LogP) is 4.51. The van der Waals surface area contributed by atoms with Crippen LogP contribution < -0.4 is 15.5 Å². The van der Waals surface area contributed by atoms with E-state index in [2.05, 4.69) is 22.5 Å². The number of nitrogens with zero attached hydrogens (tertiary/aromatic N) is 1. The summed E-state index contributed by atoms with van der Waals surface area (Å²) < 4.78 is 0. The van der Waals surface area contributed by atoms with Crippen LogP contribution in [0.5, 0.6) is 0 Å². The largest absolute Gasteiger partial charge is 0.372 e. The lowest BCUT2D eigenvalue weighted by Gasteiger charge is -2.32. The third-order valence-electron chi connectivity index (χ3n) is 5.29. The number of rotatable bonds is 5. The Labute approximate surface area is 167 Å². The lowest BCUT2D eigenvalue weighted by atomic mass is 9.99. The summed E-state index contributed by atoms with van der Waals surface area (Å²) in [5.41, 5.74) is 4.67. The van der Waals surface area contributed by atoms with Crippen molar-refractivity contribution in [3.63, 3.8) is 0 Å². The highest BCUT2D eigenvalue weighted by molar-refractivity contribution is 6.08. The number of aryl methyl sites for hydroxylation is 2. The maximum Gasteiger partial charge on any atom is 0.233 e. The van der Waals surface area contributed by atoms with Crippen molar-refractivity contribution in [2.75, 3.05) is 28.6 Å². The molecule has 1 saturated heterocycles. The monoisotopic (exact) mass is 379 g/mol. The normalized spacial score (nSPS) is 14.6. The molecule has 2 amide bonds. The fourth-order valence-corrected chi connectivity index (χ4v) is 3.44. The Morgan fingerprint density at radius 1 is 0.964 bits per heavy atom. The van der Waals surface area contributed by atoms with E-state index in [1.807, 2.05) is 56.3 Å². The predicted molar refractivity (Wildman–Crippen MR) is 115 cm³/mol. The first kappa shape index (κ1) is 19.9. The van der Waals surface area contributed by atoms with Crippen molar-refractivity contribution >= 4 is 28.9 Å². The van der Waals surface area contributed by atoms with Gasteiger partial charge in [0.15, 0.2) is 0 Å². The van der Waals surface area contributed by atoms with Gasteiger partial charge in [0.25, 0.3) is 0 Å². The third-order valence-corrected chi connectivity index (χ3v) is 5.29. The van der Waals surface area contributed by atoms with Gasteiger partial charge in [-0.1, -0.05) is 19.1 Å². The van der Waals surface area contributed by atoms with Gasteiger partial charge in [0.2, 0.25) is 11.8 Å². The number of nitrogens with one attached hydrogen (secondary N) is 2. The maximum absolute atomic E-state index is 12.2. The van der Waals surface area contributed by atoms with Gasteiger partial charge in [-0.3, -0.25) is 9.59 Å². The number of benzene rings is 2. The number of carbonyl (C=O) groups excluding carboxylic acids is 2. The van der Waals surface area contributed by atoms with Crippen LogP contribution in [0.25, 0.3) is 0 Å². The summed E-state index contributed by atoms with van der Waals surface area (Å²) >= 11 is 0. The van der Waals surface area contributed by atoms with Gasteiger partial charge in [-0.05, 0) is 74.1 Å². The van der Waals surface area contributed by atoms with Crippen LogP contribution in [0.4, 0.5) is 17.1 Å². The Kier molecular flexibility index (Phi) is 6.34. The summed E-state index contributed by atoms with van der Waals surface area (Å²) in [6, 6.07) is 13.7. The van der Waals surface area contributed by atoms with E-state index in [0.29, 0.717) is 5.69 Å². The van der Waals surface area contributed by atoms with Crippen molar-refractivity contribution < 1.29 is 9.59 Å². The second kappa shape index (κ2) is 8.91. The molecule has 0 saturated carbocycles. The van der Waals surface area contributed by atoms with Gasteiger partial charge in [-0.15, -0.1) is 0 Å². The highest BCUT2D eigenvalue weighted by Crippen LogP contribution is 2.24. The van der Waals surface area contributed by atoms with Crippen LogP contribution in [0.1, 0.15) is 37.3 Å². The molecule has 5 nitrogen and oxygen atoms in total. The highest BCUT2D eigenvalue weighted by Gasteiger charge is 2.16. The molecule has 0 aromatic heterocycles. The van der Waals surface area contributed by atoms with E-state index in [1.165, 1.54) is 18.5 Å². The molecule has 2 aromatic rings. The van der Waals surface area contributed by atoms with Gasteiger partial charge < -0.3 is 15.5 Å². The number of amides is 2. The minimum atomic E-state index is -0.317. The summed E-state index contributed by atoms with van der Waals surface area (Å²) in [7, 11) is 0. The summed E-state index contributed by atoms with van der Waals surface area (Å²) in [5, 5.41) is 5.62. The fraction of sp³-hybridized carbons (Fsp3) is 0.391. The molecular formula is C23H29N3O2. The number of hydrogen-bond acceptors (Lipinski definition) is 3. The van der Waals surface area contributed by atoms with Gasteiger partial charge in [0, 0.05) is 30.2 Å². The molecule has 2 N–H and O–H groups in total. The Morgan fingerprint density at radius 3 is 2.29 bits per heavy atom. The summed E-state index contributed by atoms with van der Waals surface area (Å²) in [4.78, 5) is 26.8. The van der Waals surface area contributed by atoms with Crippen LogP contribution in [0.2, 0.25) is 0 Å². The number of piperidine rings is 1. The van der Waals surface area contributed by atoms with Crippen LogP contribution in [0.3, 0.4) is 0 Å². The molecule has 0 unspecified atom stereocenters. The highest BCUT2D eigenvalue weighted by atomic mass is 16.2. The second-order valence-corrected chi connectivity index (χ2v) is 7.81. The molecule has 2 aromatic carbocycles. The molecule has 1 heterocycles. The summed E-state index contributed by atoms with van der Waals surface area (Å²) in [6.07, 6.45) is 2.22. The zero-order valence-electron chi connectivity index (χ0n) is 16.9. The Morgan fingerprint density at radius 2 is 1.61 bits per heavy atom. The van der Waals surface area contributed by atoms with Gasteiger partial charge in [-0.25, -0.2) is 0 Å². The van der Waals surface area contributed by atoms with Crippen molar-refractivity contribution in [3.05, 3.63) is 53.6 Å². The molecule has 5 heteroatoms. The Balaban J connectivity index is 1.51. The van der Waals surface area contributed by atoms with Crippen LogP contribution >= 0.6 is 0 Å². The molecule has 0 atom stereocenters. The number of anilines is 3. The van der Waals surface area contributed by atoms with E-state index in [1.54, 1.807) is 0 Å². The summed E-state index contributed by atoms with van der Waals surface area (Å²) in [6.45, 7) is 8.35. The van der Waals surface area contributed by atoms with E-state index in [4.69, 9.17) is 0 Å². The molecule has 0 bridgehead atoms. The first-order valence-electron chi connectivity index (χ1n) is 9.92. The first-order valence-corrected chi connectivity index (χ1v) is 9.92. The Hall–Kier alpha value is -2.82. The standard InChI is InChI=1S/C23H29N3O2/c1-16-10-12-26(13-11-16)20-8-6-19(7-9-20)24-22(27)15-23(28)25-21-14-17(2)4-5-18(21)3/h4-9,14,16H,10-13,15H2,1-3H3,(H,24,27)(H,25,28). The minimum Gasteiger partial charge on any atom is -0.372 e. The van der Waals surface area contributed by atoms with Crippen LogP contribution in [0.15, 0.2) is 42.5 Å². The van der Waals surface area contributed by atoms with Crippen molar-refractivity contribution in [1.82, 2.24) is 0 Å². The second-order valence-electron chi connectivity index (χ2n) is 7.81. The smallest absolute Gasteiger partial charge is 0.233 e. The molecular weight excluding hydrogens is 350 g/mol. The maximum atomic E-state index is 12.2. The van der Waals surface area contributed by atoms with Crippen molar-refractivity contribution in [2.24, 2.45) is 5.92 Å². The summed E-state index contributed by atoms with van der Waals surface area (Å²) in [5.74, 6) is 0.164. The Bertz CT molecular complexity index is 837. The first-order chi connectivity index (χ1) is 13.4. The quantitative estimate of drug-likeness (QED) is 0.752. The third kappa shape index (κ3) is 5.35. The molecule has 0 aliphatic carbocycles. The molecule has 148 valence electrons. The molecule has 0 spiro atoms. The van der Waals surface area contributed by atoms with E-state index < -0.39 is 0 Å². The van der Waals surface area contributed by atoms with Crippen LogP contribution in [0, 0.1) is 19.8 Å². The van der Waals surface area contributed by atoms with Gasteiger partial charge in [0.05, 0.1) is 0 Å². The molecule has 1 aliphatic heterocycles. The van der Waals surface area contributed by atoms with Crippen molar-refractivity contribution in [2.45, 2.75) is 40.0 Å². The number of carbonyl (C=O) groups is 2. The molecule has 3 rings (SSSR count). The molecule has 1 fully saturated rings. The van der Waals surface area contributed by atoms with Crippen LogP contribution in [-0.2, 0) is 9.59 Å². The van der Waals surface area contributed by atoms with Gasteiger partial charge >= 0.3 is 0 Å². The number of hydrogen-bond donors (Lipinski definition) is 2. The van der Waals surface area contributed by atoms with E-state index in [-0.39, 0.29) is 18.2 Å². The zero-order chi connectivity index (χ0) is 20.1. The average molecular weight is 380 g/mol. The van der Waals surface area contributed by atoms with E-state index in [9.17, 15) is 9.59 Å².